The molecule has 24 heavy (non-hydrogen) atoms. The van der Waals surface area contributed by atoms with E-state index in [1.54, 1.807) is 0 Å². The van der Waals surface area contributed by atoms with Crippen molar-refractivity contribution < 1.29 is 4.79 Å². The summed E-state index contributed by atoms with van der Waals surface area (Å²) >= 11 is 0. The van der Waals surface area contributed by atoms with Crippen LogP contribution in [0.3, 0.4) is 0 Å². The standard InChI is InChI=1S/C20H23N3O/c1-14(15-8-12-21-13-9-15)22-16-6-10-20(11-7-16)17-4-2-3-5-18(17)23-19(20)24/h2-5,8-9,12-14,16,22H,6-7,10-11H2,1H3,(H,23,24). The van der Waals surface area contributed by atoms with E-state index in [0.717, 1.165) is 31.4 Å². The molecular formula is C20H23N3O. The van der Waals surface area contributed by atoms with Crippen LogP contribution in [0, 0.1) is 0 Å². The predicted molar refractivity (Wildman–Crippen MR) is 94.8 cm³/mol. The molecule has 1 aliphatic carbocycles. The van der Waals surface area contributed by atoms with Crippen LogP contribution < -0.4 is 10.6 Å². The van der Waals surface area contributed by atoms with Gasteiger partial charge in [0.15, 0.2) is 0 Å². The second-order valence-corrected chi connectivity index (χ2v) is 7.02. The van der Waals surface area contributed by atoms with Crippen molar-refractivity contribution in [3.05, 3.63) is 59.9 Å². The van der Waals surface area contributed by atoms with Crippen molar-refractivity contribution in [3.63, 3.8) is 0 Å². The number of amides is 1. The minimum Gasteiger partial charge on any atom is -0.325 e. The Morgan fingerprint density at radius 2 is 1.88 bits per heavy atom. The fourth-order valence-electron chi connectivity index (χ4n) is 4.25. The molecule has 2 aromatic rings. The summed E-state index contributed by atoms with van der Waals surface area (Å²) in [4.78, 5) is 16.7. The van der Waals surface area contributed by atoms with Gasteiger partial charge in [-0.2, -0.15) is 0 Å². The van der Waals surface area contributed by atoms with Gasteiger partial charge in [-0.25, -0.2) is 0 Å². The summed E-state index contributed by atoms with van der Waals surface area (Å²) in [5.41, 5.74) is 3.14. The van der Waals surface area contributed by atoms with Gasteiger partial charge < -0.3 is 10.6 Å². The first kappa shape index (κ1) is 15.3. The maximum atomic E-state index is 12.6. The predicted octanol–water partition coefficient (Wildman–Crippen LogP) is 3.56. The van der Waals surface area contributed by atoms with E-state index in [2.05, 4.69) is 40.7 Å². The SMILES string of the molecule is CC(NC1CCC2(CC1)C(=O)Nc1ccccc12)c1ccncc1. The molecular weight excluding hydrogens is 298 g/mol. The number of hydrogen-bond donors (Lipinski definition) is 2. The Morgan fingerprint density at radius 3 is 2.62 bits per heavy atom. The molecule has 2 N–H and O–H groups in total. The number of pyridine rings is 1. The second kappa shape index (κ2) is 6.02. The number of carbonyl (C=O) groups is 1. The van der Waals surface area contributed by atoms with Crippen LogP contribution in [0.1, 0.15) is 49.8 Å². The zero-order valence-electron chi connectivity index (χ0n) is 14.0. The van der Waals surface area contributed by atoms with E-state index >= 15 is 0 Å². The highest BCUT2D eigenvalue weighted by molar-refractivity contribution is 6.06. The van der Waals surface area contributed by atoms with Crippen molar-refractivity contribution in [2.45, 2.75) is 50.1 Å². The molecule has 1 spiro atoms. The molecule has 2 aliphatic rings. The summed E-state index contributed by atoms with van der Waals surface area (Å²) in [7, 11) is 0. The van der Waals surface area contributed by atoms with E-state index in [1.807, 2.05) is 30.6 Å². The average Bonchev–Trinajstić information content (AvgIpc) is 2.90. The molecule has 0 saturated heterocycles. The van der Waals surface area contributed by atoms with Crippen molar-refractivity contribution in [2.24, 2.45) is 0 Å². The lowest BCUT2D eigenvalue weighted by molar-refractivity contribution is -0.122. The monoisotopic (exact) mass is 321 g/mol. The fourth-order valence-corrected chi connectivity index (χ4v) is 4.25. The number of rotatable bonds is 3. The molecule has 4 rings (SSSR count). The van der Waals surface area contributed by atoms with Gasteiger partial charge in [0.05, 0.1) is 5.41 Å². The first-order valence-corrected chi connectivity index (χ1v) is 8.76. The molecule has 0 radical (unpaired) electrons. The number of anilines is 1. The quantitative estimate of drug-likeness (QED) is 0.909. The van der Waals surface area contributed by atoms with Crippen LogP contribution in [-0.4, -0.2) is 16.9 Å². The zero-order valence-corrected chi connectivity index (χ0v) is 14.0. The van der Waals surface area contributed by atoms with E-state index in [-0.39, 0.29) is 11.3 Å². The minimum atomic E-state index is -0.311. The van der Waals surface area contributed by atoms with E-state index in [1.165, 1.54) is 11.1 Å². The molecule has 1 aliphatic heterocycles. The summed E-state index contributed by atoms with van der Waals surface area (Å²) in [6.45, 7) is 2.19. The Balaban J connectivity index is 1.45. The summed E-state index contributed by atoms with van der Waals surface area (Å²) < 4.78 is 0. The molecule has 0 bridgehead atoms. The summed E-state index contributed by atoms with van der Waals surface area (Å²) in [5, 5.41) is 6.79. The lowest BCUT2D eigenvalue weighted by Gasteiger charge is -2.37. The first-order valence-electron chi connectivity index (χ1n) is 8.76. The molecule has 1 fully saturated rings. The van der Waals surface area contributed by atoms with Gasteiger partial charge in [0.25, 0.3) is 0 Å². The van der Waals surface area contributed by atoms with Crippen molar-refractivity contribution in [1.82, 2.24) is 10.3 Å². The summed E-state index contributed by atoms with van der Waals surface area (Å²) in [6, 6.07) is 13.0. The average molecular weight is 321 g/mol. The Hall–Kier alpha value is -2.20. The van der Waals surface area contributed by atoms with Crippen LogP contribution in [0.2, 0.25) is 0 Å². The minimum absolute atomic E-state index is 0.185. The van der Waals surface area contributed by atoms with Gasteiger partial charge in [0.1, 0.15) is 0 Å². The molecule has 1 saturated carbocycles. The molecule has 124 valence electrons. The van der Waals surface area contributed by atoms with Crippen LogP contribution in [0.25, 0.3) is 0 Å². The maximum Gasteiger partial charge on any atom is 0.235 e. The van der Waals surface area contributed by atoms with E-state index in [4.69, 9.17) is 0 Å². The van der Waals surface area contributed by atoms with Gasteiger partial charge in [-0.05, 0) is 61.9 Å². The maximum absolute atomic E-state index is 12.6. The van der Waals surface area contributed by atoms with Crippen molar-refractivity contribution in [1.29, 1.82) is 0 Å². The molecule has 1 aromatic heterocycles. The van der Waals surface area contributed by atoms with Crippen LogP contribution in [-0.2, 0) is 10.2 Å². The molecule has 1 atom stereocenters. The normalized spacial score (nSPS) is 26.9. The lowest BCUT2D eigenvalue weighted by Crippen LogP contribution is -2.44. The zero-order chi connectivity index (χ0) is 16.6. The second-order valence-electron chi connectivity index (χ2n) is 7.02. The Labute approximate surface area is 142 Å². The summed E-state index contributed by atoms with van der Waals surface area (Å²) in [6.07, 6.45) is 7.55. The van der Waals surface area contributed by atoms with E-state index in [9.17, 15) is 4.79 Å². The number of nitrogens with one attached hydrogen (secondary N) is 2. The highest BCUT2D eigenvalue weighted by Gasteiger charge is 2.48. The van der Waals surface area contributed by atoms with Crippen molar-refractivity contribution in [2.75, 3.05) is 5.32 Å². The molecule has 1 aromatic carbocycles. The van der Waals surface area contributed by atoms with Gasteiger partial charge in [-0.1, -0.05) is 18.2 Å². The molecule has 4 heteroatoms. The molecule has 1 unspecified atom stereocenters. The number of benzene rings is 1. The third-order valence-corrected chi connectivity index (χ3v) is 5.66. The number of nitrogens with zero attached hydrogens (tertiary/aromatic N) is 1. The van der Waals surface area contributed by atoms with Gasteiger partial charge >= 0.3 is 0 Å². The van der Waals surface area contributed by atoms with Gasteiger partial charge in [-0.3, -0.25) is 9.78 Å². The highest BCUT2D eigenvalue weighted by atomic mass is 16.2. The van der Waals surface area contributed by atoms with Crippen LogP contribution in [0.15, 0.2) is 48.8 Å². The van der Waals surface area contributed by atoms with Crippen LogP contribution in [0.4, 0.5) is 5.69 Å². The Morgan fingerprint density at radius 1 is 1.17 bits per heavy atom. The van der Waals surface area contributed by atoms with Gasteiger partial charge in [0, 0.05) is 30.2 Å². The van der Waals surface area contributed by atoms with Crippen LogP contribution in [0.5, 0.6) is 0 Å². The van der Waals surface area contributed by atoms with E-state index in [0.29, 0.717) is 12.1 Å². The Bertz CT molecular complexity index is 736. The Kier molecular flexibility index (Phi) is 3.85. The van der Waals surface area contributed by atoms with E-state index < -0.39 is 0 Å². The number of para-hydroxylation sites is 1. The number of carbonyl (C=O) groups excluding carboxylic acids is 1. The lowest BCUT2D eigenvalue weighted by atomic mass is 9.69. The third-order valence-electron chi connectivity index (χ3n) is 5.66. The van der Waals surface area contributed by atoms with Gasteiger partial charge in [-0.15, -0.1) is 0 Å². The van der Waals surface area contributed by atoms with Crippen molar-refractivity contribution in [3.8, 4) is 0 Å². The first-order chi connectivity index (χ1) is 11.7. The van der Waals surface area contributed by atoms with Gasteiger partial charge in [0.2, 0.25) is 5.91 Å². The number of hydrogen-bond acceptors (Lipinski definition) is 3. The van der Waals surface area contributed by atoms with Crippen LogP contribution >= 0.6 is 0 Å². The number of aromatic nitrogens is 1. The fraction of sp³-hybridized carbons (Fsp3) is 0.400. The molecule has 2 heterocycles. The smallest absolute Gasteiger partial charge is 0.235 e. The van der Waals surface area contributed by atoms with Crippen molar-refractivity contribution >= 4 is 11.6 Å². The largest absolute Gasteiger partial charge is 0.325 e. The third kappa shape index (κ3) is 2.51. The number of fused-ring (bicyclic) bond motifs is 2. The molecule has 1 amide bonds. The topological polar surface area (TPSA) is 54.0 Å². The summed E-state index contributed by atoms with van der Waals surface area (Å²) in [5.74, 6) is 0.185. The highest BCUT2D eigenvalue weighted by Crippen LogP contribution is 2.47. The molecule has 4 nitrogen and oxygen atoms in total.